The van der Waals surface area contributed by atoms with Gasteiger partial charge in [0.2, 0.25) is 0 Å². The maximum Gasteiger partial charge on any atom is 0.116 e. The van der Waals surface area contributed by atoms with Gasteiger partial charge in [0.05, 0.1) is 23.1 Å². The number of H-pyrrole nitrogens is 2. The van der Waals surface area contributed by atoms with E-state index in [1.54, 1.807) is 0 Å². The highest BCUT2D eigenvalue weighted by Gasteiger charge is 2.14. The van der Waals surface area contributed by atoms with Crippen LogP contribution < -0.4 is 5.32 Å². The van der Waals surface area contributed by atoms with Gasteiger partial charge in [-0.25, -0.2) is 0 Å². The summed E-state index contributed by atoms with van der Waals surface area (Å²) in [6, 6.07) is 21.0. The Bertz CT molecular complexity index is 1690. The van der Waals surface area contributed by atoms with E-state index in [0.717, 1.165) is 79.7 Å². The lowest BCUT2D eigenvalue weighted by Gasteiger charge is -2.10. The number of aromatic amines is 2. The fraction of sp³-hybridized carbons (Fsp3) is 0.100. The molecule has 0 atom stereocenters. The van der Waals surface area contributed by atoms with E-state index < -0.39 is 0 Å². The van der Waals surface area contributed by atoms with Gasteiger partial charge in [-0.15, -0.1) is 0 Å². The van der Waals surface area contributed by atoms with Crippen molar-refractivity contribution in [2.45, 2.75) is 19.8 Å². The Balaban J connectivity index is 1.40. The van der Waals surface area contributed by atoms with E-state index in [1.807, 2.05) is 36.9 Å². The topological polar surface area (TPSA) is 82.3 Å². The summed E-state index contributed by atoms with van der Waals surface area (Å²) in [5, 5.41) is 13.4. The van der Waals surface area contributed by atoms with Crippen LogP contribution in [0.5, 0.6) is 0 Å². The number of hydrogen-bond acceptors (Lipinski definition) is 4. The van der Waals surface area contributed by atoms with Crippen molar-refractivity contribution in [1.82, 2.24) is 25.1 Å². The SMILES string of the molecule is C=C(CCC)Nc1cncc(-c2ccc3[nH]nc(-c4cc5c(-c6ccncc6)cccc5[nH]4)c3c2)c1. The van der Waals surface area contributed by atoms with Crippen molar-refractivity contribution in [3.05, 3.63) is 97.7 Å². The number of nitrogens with zero attached hydrogens (tertiary/aromatic N) is 3. The van der Waals surface area contributed by atoms with E-state index in [2.05, 4.69) is 92.5 Å². The molecule has 0 saturated heterocycles. The summed E-state index contributed by atoms with van der Waals surface area (Å²) in [6.07, 6.45) is 9.35. The third-order valence-corrected chi connectivity index (χ3v) is 6.42. The summed E-state index contributed by atoms with van der Waals surface area (Å²) in [6.45, 7) is 6.25. The largest absolute Gasteiger partial charge is 0.358 e. The fourth-order valence-electron chi connectivity index (χ4n) is 4.70. The molecule has 0 spiro atoms. The van der Waals surface area contributed by atoms with Crippen molar-refractivity contribution in [3.8, 4) is 33.6 Å². The van der Waals surface area contributed by atoms with E-state index in [0.29, 0.717) is 0 Å². The first-order valence-corrected chi connectivity index (χ1v) is 12.1. The number of anilines is 1. The van der Waals surface area contributed by atoms with Gasteiger partial charge in [-0.3, -0.25) is 15.1 Å². The van der Waals surface area contributed by atoms with Gasteiger partial charge in [0.25, 0.3) is 0 Å². The third kappa shape index (κ3) is 4.03. The predicted octanol–water partition coefficient (Wildman–Crippen LogP) is 7.56. The predicted molar refractivity (Wildman–Crippen MR) is 148 cm³/mol. The fourth-order valence-corrected chi connectivity index (χ4v) is 4.70. The minimum absolute atomic E-state index is 0.891. The van der Waals surface area contributed by atoms with Crippen LogP contribution in [-0.4, -0.2) is 25.1 Å². The summed E-state index contributed by atoms with van der Waals surface area (Å²) in [7, 11) is 0. The molecule has 6 heteroatoms. The van der Waals surface area contributed by atoms with Gasteiger partial charge in [0, 0.05) is 46.1 Å². The lowest BCUT2D eigenvalue weighted by Crippen LogP contribution is -1.98. The zero-order chi connectivity index (χ0) is 24.5. The van der Waals surface area contributed by atoms with Crippen LogP contribution in [0.2, 0.25) is 0 Å². The first-order chi connectivity index (χ1) is 17.7. The minimum atomic E-state index is 0.891. The summed E-state index contributed by atoms with van der Waals surface area (Å²) in [5.74, 6) is 0. The number of aromatic nitrogens is 5. The molecule has 0 radical (unpaired) electrons. The van der Waals surface area contributed by atoms with Gasteiger partial charge in [-0.05, 0) is 65.6 Å². The molecule has 0 aliphatic heterocycles. The molecular weight excluding hydrogens is 444 g/mol. The molecule has 6 aromatic rings. The highest BCUT2D eigenvalue weighted by molar-refractivity contribution is 6.01. The zero-order valence-corrected chi connectivity index (χ0v) is 20.0. The van der Waals surface area contributed by atoms with Gasteiger partial charge >= 0.3 is 0 Å². The molecule has 4 heterocycles. The summed E-state index contributed by atoms with van der Waals surface area (Å²) < 4.78 is 0. The second-order valence-corrected chi connectivity index (χ2v) is 8.96. The van der Waals surface area contributed by atoms with E-state index in [9.17, 15) is 0 Å². The van der Waals surface area contributed by atoms with Crippen LogP contribution in [-0.2, 0) is 0 Å². The van der Waals surface area contributed by atoms with E-state index in [4.69, 9.17) is 0 Å². The molecule has 0 unspecified atom stereocenters. The Hall–Kier alpha value is -4.71. The van der Waals surface area contributed by atoms with Crippen molar-refractivity contribution in [3.63, 3.8) is 0 Å². The highest BCUT2D eigenvalue weighted by Crippen LogP contribution is 2.35. The quantitative estimate of drug-likeness (QED) is 0.225. The maximum absolute atomic E-state index is 4.67. The molecule has 6 rings (SSSR count). The average Bonchev–Trinajstić information content (AvgIpc) is 3.53. The highest BCUT2D eigenvalue weighted by atomic mass is 15.1. The van der Waals surface area contributed by atoms with Crippen LogP contribution in [0.25, 0.3) is 55.4 Å². The van der Waals surface area contributed by atoms with Crippen LogP contribution in [0.15, 0.2) is 97.7 Å². The van der Waals surface area contributed by atoms with Gasteiger partial charge in [-0.1, -0.05) is 38.1 Å². The molecule has 0 fully saturated rings. The standard InChI is InChI=1S/C30H26N6/c1-3-5-19(2)33-23-14-22(17-32-18-23)21-8-9-28-26(15-21)30(36-35-28)29-16-25-24(6-4-7-27(25)34-29)20-10-12-31-13-11-20/h4,6-18,33-34H,2-3,5H2,1H3,(H,35,36). The number of nitrogens with one attached hydrogen (secondary N) is 3. The molecule has 0 aliphatic carbocycles. The molecule has 0 aliphatic rings. The van der Waals surface area contributed by atoms with Crippen molar-refractivity contribution in [2.24, 2.45) is 0 Å². The summed E-state index contributed by atoms with van der Waals surface area (Å²) >= 11 is 0. The molecule has 3 N–H and O–H groups in total. The van der Waals surface area contributed by atoms with Gasteiger partial charge in [0.15, 0.2) is 0 Å². The van der Waals surface area contributed by atoms with Crippen molar-refractivity contribution in [2.75, 3.05) is 5.32 Å². The number of fused-ring (bicyclic) bond motifs is 2. The monoisotopic (exact) mass is 470 g/mol. The van der Waals surface area contributed by atoms with E-state index in [1.165, 1.54) is 0 Å². The van der Waals surface area contributed by atoms with Gasteiger partial charge < -0.3 is 10.3 Å². The Kier molecular flexibility index (Phi) is 5.54. The Morgan fingerprint density at radius 2 is 1.75 bits per heavy atom. The summed E-state index contributed by atoms with van der Waals surface area (Å²) in [4.78, 5) is 12.2. The lowest BCUT2D eigenvalue weighted by atomic mass is 10.0. The molecule has 2 aromatic carbocycles. The van der Waals surface area contributed by atoms with Crippen LogP contribution in [0.4, 0.5) is 5.69 Å². The lowest BCUT2D eigenvalue weighted by molar-refractivity contribution is 0.913. The second-order valence-electron chi connectivity index (χ2n) is 8.96. The maximum atomic E-state index is 4.67. The van der Waals surface area contributed by atoms with Gasteiger partial charge in [-0.2, -0.15) is 5.10 Å². The Labute approximate surface area is 209 Å². The summed E-state index contributed by atoms with van der Waals surface area (Å²) in [5.41, 5.74) is 10.3. The first kappa shape index (κ1) is 21.8. The third-order valence-electron chi connectivity index (χ3n) is 6.42. The number of allylic oxidation sites excluding steroid dienone is 1. The molecule has 36 heavy (non-hydrogen) atoms. The Morgan fingerprint density at radius 1 is 0.861 bits per heavy atom. The molecule has 6 nitrogen and oxygen atoms in total. The van der Waals surface area contributed by atoms with Crippen LogP contribution in [0.3, 0.4) is 0 Å². The second kappa shape index (κ2) is 9.15. The molecule has 4 aromatic heterocycles. The zero-order valence-electron chi connectivity index (χ0n) is 20.0. The first-order valence-electron chi connectivity index (χ1n) is 12.1. The van der Waals surface area contributed by atoms with Crippen LogP contribution in [0.1, 0.15) is 19.8 Å². The molecule has 176 valence electrons. The van der Waals surface area contributed by atoms with E-state index >= 15 is 0 Å². The molecule has 0 saturated carbocycles. The number of benzene rings is 2. The van der Waals surface area contributed by atoms with Crippen molar-refractivity contribution >= 4 is 27.5 Å². The smallest absolute Gasteiger partial charge is 0.116 e. The molecular formula is C30H26N6. The molecule has 0 amide bonds. The van der Waals surface area contributed by atoms with Crippen LogP contribution >= 0.6 is 0 Å². The van der Waals surface area contributed by atoms with E-state index in [-0.39, 0.29) is 0 Å². The van der Waals surface area contributed by atoms with Crippen molar-refractivity contribution < 1.29 is 0 Å². The normalized spacial score (nSPS) is 11.2. The van der Waals surface area contributed by atoms with Gasteiger partial charge in [0.1, 0.15) is 5.69 Å². The number of pyridine rings is 2. The Morgan fingerprint density at radius 3 is 2.61 bits per heavy atom. The number of rotatable bonds is 7. The average molecular weight is 471 g/mol. The minimum Gasteiger partial charge on any atom is -0.358 e. The van der Waals surface area contributed by atoms with Crippen LogP contribution in [0, 0.1) is 0 Å². The van der Waals surface area contributed by atoms with Crippen molar-refractivity contribution in [1.29, 1.82) is 0 Å². The molecule has 0 bridgehead atoms. The number of hydrogen-bond donors (Lipinski definition) is 3.